The average Bonchev–Trinajstić information content (AvgIpc) is 2.81. The van der Waals surface area contributed by atoms with Crippen LogP contribution in [0.4, 0.5) is 0 Å². The maximum absolute atomic E-state index is 12.5. The third-order valence-electron chi connectivity index (χ3n) is 7.03. The maximum Gasteiger partial charge on any atom is 0.223 e. The van der Waals surface area contributed by atoms with E-state index in [0.717, 1.165) is 111 Å². The van der Waals surface area contributed by atoms with Crippen molar-refractivity contribution in [2.75, 3.05) is 65.6 Å². The Kier molecular flexibility index (Phi) is 9.88. The van der Waals surface area contributed by atoms with Crippen molar-refractivity contribution in [3.63, 3.8) is 0 Å². The van der Waals surface area contributed by atoms with Crippen molar-refractivity contribution in [1.29, 1.82) is 0 Å². The number of likely N-dealkylation sites (tertiary alicyclic amines) is 2. The minimum atomic E-state index is 0.167. The largest absolute Gasteiger partial charge is 0.379 e. The number of carbonyl (C=O) groups excluding carboxylic acids is 2. The third kappa shape index (κ3) is 7.20. The Morgan fingerprint density at radius 2 is 1.63 bits per heavy atom. The first-order chi connectivity index (χ1) is 14.7. The summed E-state index contributed by atoms with van der Waals surface area (Å²) in [5.74, 6) is 0.743. The molecule has 0 spiro atoms. The van der Waals surface area contributed by atoms with Crippen molar-refractivity contribution < 1.29 is 14.3 Å². The Morgan fingerprint density at radius 3 is 2.30 bits per heavy atom. The number of nitrogens with zero attached hydrogens (tertiary/aromatic N) is 3. The molecule has 3 aliphatic rings. The van der Waals surface area contributed by atoms with Gasteiger partial charge in [-0.2, -0.15) is 0 Å². The highest BCUT2D eigenvalue weighted by atomic mass is 16.5. The second-order valence-electron chi connectivity index (χ2n) is 9.12. The lowest BCUT2D eigenvalue weighted by atomic mass is 9.92. The molecule has 0 saturated carbocycles. The molecular formula is C23H42N4O3. The van der Waals surface area contributed by atoms with Gasteiger partial charge >= 0.3 is 0 Å². The molecule has 3 rings (SSSR count). The summed E-state index contributed by atoms with van der Waals surface area (Å²) in [6.45, 7) is 11.5. The Hall–Kier alpha value is -1.18. The summed E-state index contributed by atoms with van der Waals surface area (Å²) in [7, 11) is 0. The molecule has 0 aliphatic carbocycles. The predicted molar refractivity (Wildman–Crippen MR) is 118 cm³/mol. The fourth-order valence-corrected chi connectivity index (χ4v) is 4.98. The number of carbonyl (C=O) groups is 2. The number of nitrogens with one attached hydrogen (secondary N) is 1. The molecule has 0 aromatic carbocycles. The zero-order valence-electron chi connectivity index (χ0n) is 18.9. The molecule has 172 valence electrons. The van der Waals surface area contributed by atoms with Crippen LogP contribution in [0.5, 0.6) is 0 Å². The minimum Gasteiger partial charge on any atom is -0.379 e. The lowest BCUT2D eigenvalue weighted by molar-refractivity contribution is -0.133. The van der Waals surface area contributed by atoms with Crippen LogP contribution in [0.3, 0.4) is 0 Å². The Bertz CT molecular complexity index is 523. The van der Waals surface area contributed by atoms with Crippen molar-refractivity contribution in [2.24, 2.45) is 5.92 Å². The highest BCUT2D eigenvalue weighted by Crippen LogP contribution is 2.24. The van der Waals surface area contributed by atoms with E-state index in [2.05, 4.69) is 26.9 Å². The summed E-state index contributed by atoms with van der Waals surface area (Å²) in [6.07, 6.45) is 7.89. The van der Waals surface area contributed by atoms with Crippen molar-refractivity contribution in [2.45, 2.75) is 64.3 Å². The van der Waals surface area contributed by atoms with E-state index in [-0.39, 0.29) is 11.8 Å². The first-order valence-corrected chi connectivity index (χ1v) is 12.3. The Balaban J connectivity index is 1.27. The molecule has 0 aromatic rings. The predicted octanol–water partition coefficient (Wildman–Crippen LogP) is 1.72. The van der Waals surface area contributed by atoms with Crippen LogP contribution < -0.4 is 5.32 Å². The summed E-state index contributed by atoms with van der Waals surface area (Å²) in [5, 5.41) is 3.16. The smallest absolute Gasteiger partial charge is 0.223 e. The molecule has 0 unspecified atom stereocenters. The van der Waals surface area contributed by atoms with E-state index in [1.165, 1.54) is 0 Å². The van der Waals surface area contributed by atoms with Crippen molar-refractivity contribution in [1.82, 2.24) is 20.0 Å². The number of hydrogen-bond donors (Lipinski definition) is 1. The zero-order valence-corrected chi connectivity index (χ0v) is 18.9. The molecule has 30 heavy (non-hydrogen) atoms. The monoisotopic (exact) mass is 422 g/mol. The topological polar surface area (TPSA) is 65.1 Å². The molecule has 3 heterocycles. The quantitative estimate of drug-likeness (QED) is 0.573. The number of hydrogen-bond acceptors (Lipinski definition) is 5. The van der Waals surface area contributed by atoms with Gasteiger partial charge in [0.1, 0.15) is 0 Å². The molecule has 0 atom stereocenters. The van der Waals surface area contributed by atoms with E-state index < -0.39 is 0 Å². The van der Waals surface area contributed by atoms with Crippen LogP contribution in [0.15, 0.2) is 0 Å². The van der Waals surface area contributed by atoms with Gasteiger partial charge in [0.2, 0.25) is 11.8 Å². The van der Waals surface area contributed by atoms with Gasteiger partial charge in [-0.15, -0.1) is 0 Å². The highest BCUT2D eigenvalue weighted by molar-refractivity contribution is 5.78. The van der Waals surface area contributed by atoms with Gasteiger partial charge in [-0.3, -0.25) is 14.5 Å². The van der Waals surface area contributed by atoms with Crippen molar-refractivity contribution >= 4 is 11.8 Å². The number of ether oxygens (including phenoxy) is 1. The fourth-order valence-electron chi connectivity index (χ4n) is 4.98. The van der Waals surface area contributed by atoms with Gasteiger partial charge in [-0.25, -0.2) is 0 Å². The molecule has 3 aliphatic heterocycles. The lowest BCUT2D eigenvalue weighted by Gasteiger charge is -2.41. The second kappa shape index (κ2) is 12.6. The van der Waals surface area contributed by atoms with Crippen molar-refractivity contribution in [3.05, 3.63) is 0 Å². The van der Waals surface area contributed by atoms with Crippen LogP contribution in [0.25, 0.3) is 0 Å². The molecule has 2 amide bonds. The van der Waals surface area contributed by atoms with Gasteiger partial charge in [0.25, 0.3) is 0 Å². The van der Waals surface area contributed by atoms with Crippen LogP contribution in [0.2, 0.25) is 0 Å². The summed E-state index contributed by atoms with van der Waals surface area (Å²) in [6, 6.07) is 0.581. The average molecular weight is 423 g/mol. The highest BCUT2D eigenvalue weighted by Gasteiger charge is 2.31. The number of rotatable bonds is 9. The van der Waals surface area contributed by atoms with E-state index in [1.54, 1.807) is 0 Å². The lowest BCUT2D eigenvalue weighted by Crippen LogP contribution is -2.50. The van der Waals surface area contributed by atoms with Gasteiger partial charge in [0.15, 0.2) is 0 Å². The van der Waals surface area contributed by atoms with E-state index in [9.17, 15) is 9.59 Å². The summed E-state index contributed by atoms with van der Waals surface area (Å²) >= 11 is 0. The molecule has 0 radical (unpaired) electrons. The van der Waals surface area contributed by atoms with Gasteiger partial charge in [-0.05, 0) is 58.2 Å². The number of amides is 2. The van der Waals surface area contributed by atoms with Crippen LogP contribution in [0.1, 0.15) is 58.3 Å². The molecule has 3 saturated heterocycles. The Morgan fingerprint density at radius 1 is 0.933 bits per heavy atom. The van der Waals surface area contributed by atoms with E-state index in [4.69, 9.17) is 4.74 Å². The molecular weight excluding hydrogens is 380 g/mol. The summed E-state index contributed by atoms with van der Waals surface area (Å²) in [5.41, 5.74) is 0. The molecule has 7 nitrogen and oxygen atoms in total. The second-order valence-corrected chi connectivity index (χ2v) is 9.12. The van der Waals surface area contributed by atoms with Crippen LogP contribution in [-0.2, 0) is 14.3 Å². The Labute approximate surface area is 182 Å². The van der Waals surface area contributed by atoms with E-state index in [1.807, 2.05) is 0 Å². The number of piperidine rings is 2. The molecule has 0 aromatic heterocycles. The van der Waals surface area contributed by atoms with E-state index >= 15 is 0 Å². The minimum absolute atomic E-state index is 0.167. The number of unbranched alkanes of at least 4 members (excludes halogenated alkanes) is 1. The van der Waals surface area contributed by atoms with Gasteiger partial charge in [0.05, 0.1) is 13.2 Å². The van der Waals surface area contributed by atoms with Crippen LogP contribution in [-0.4, -0.2) is 98.1 Å². The standard InChI is InChI=1S/C23H42N4O3/c1-2-3-5-22(28)27-14-8-21(9-15-27)26-12-6-20(7-13-26)23(29)24-10-4-11-25-16-18-30-19-17-25/h20-21H,2-19H2,1H3,(H,24,29). The first kappa shape index (κ1) is 23.5. The normalized spacial score (nSPS) is 22.9. The van der Waals surface area contributed by atoms with Gasteiger partial charge < -0.3 is 19.9 Å². The van der Waals surface area contributed by atoms with Gasteiger partial charge in [-0.1, -0.05) is 13.3 Å². The molecule has 3 fully saturated rings. The van der Waals surface area contributed by atoms with Crippen LogP contribution in [0, 0.1) is 5.92 Å². The molecule has 0 bridgehead atoms. The van der Waals surface area contributed by atoms with E-state index in [0.29, 0.717) is 18.4 Å². The first-order valence-electron chi connectivity index (χ1n) is 12.3. The summed E-state index contributed by atoms with van der Waals surface area (Å²) < 4.78 is 5.37. The fraction of sp³-hybridized carbons (Fsp3) is 0.913. The molecule has 7 heteroatoms. The molecule has 1 N–H and O–H groups in total. The SMILES string of the molecule is CCCCC(=O)N1CCC(N2CCC(C(=O)NCCCN3CCOCC3)CC2)CC1. The van der Waals surface area contributed by atoms with Crippen molar-refractivity contribution in [3.8, 4) is 0 Å². The third-order valence-corrected chi connectivity index (χ3v) is 7.03. The van der Waals surface area contributed by atoms with Crippen LogP contribution >= 0.6 is 0 Å². The maximum atomic E-state index is 12.5. The number of morpholine rings is 1. The summed E-state index contributed by atoms with van der Waals surface area (Å²) in [4.78, 5) is 31.8. The zero-order chi connectivity index (χ0) is 21.2. The van der Waals surface area contributed by atoms with Gasteiger partial charge in [0, 0.05) is 51.1 Å².